The van der Waals surface area contributed by atoms with Gasteiger partial charge in [-0.15, -0.1) is 0 Å². The lowest BCUT2D eigenvalue weighted by Gasteiger charge is -2.11. The van der Waals surface area contributed by atoms with Crippen LogP contribution in [0.15, 0.2) is 59.3 Å². The molecule has 3 nitrogen and oxygen atoms in total. The molecular weight excluding hydrogens is 316 g/mol. The van der Waals surface area contributed by atoms with Crippen LogP contribution in [0.5, 0.6) is 5.75 Å². The van der Waals surface area contributed by atoms with Gasteiger partial charge < -0.3 is 10.5 Å². The van der Waals surface area contributed by atoms with Crippen LogP contribution in [-0.4, -0.2) is 4.98 Å². The quantitative estimate of drug-likeness (QED) is 0.734. The SMILES string of the molecule is Nc1ccc(OCc2ccccc2Br)c2cnccc12. The van der Waals surface area contributed by atoms with Gasteiger partial charge in [0.15, 0.2) is 0 Å². The standard InChI is InChI=1S/C16H13BrN2O/c17-14-4-2-1-3-11(14)10-20-16-6-5-15(18)12-7-8-19-9-13(12)16/h1-9H,10,18H2. The van der Waals surface area contributed by atoms with Crippen LogP contribution in [0, 0.1) is 0 Å². The van der Waals surface area contributed by atoms with E-state index in [0.29, 0.717) is 6.61 Å². The fourth-order valence-electron chi connectivity index (χ4n) is 2.08. The van der Waals surface area contributed by atoms with E-state index in [-0.39, 0.29) is 0 Å². The fourth-order valence-corrected chi connectivity index (χ4v) is 2.48. The summed E-state index contributed by atoms with van der Waals surface area (Å²) in [5, 5.41) is 1.89. The largest absolute Gasteiger partial charge is 0.488 e. The molecule has 100 valence electrons. The molecule has 0 atom stereocenters. The zero-order valence-electron chi connectivity index (χ0n) is 10.7. The predicted molar refractivity (Wildman–Crippen MR) is 84.6 cm³/mol. The lowest BCUT2D eigenvalue weighted by atomic mass is 10.1. The first kappa shape index (κ1) is 12.9. The van der Waals surface area contributed by atoms with E-state index in [1.54, 1.807) is 12.4 Å². The number of aromatic nitrogens is 1. The zero-order chi connectivity index (χ0) is 13.9. The summed E-state index contributed by atoms with van der Waals surface area (Å²) in [4.78, 5) is 4.14. The Morgan fingerprint density at radius 2 is 1.90 bits per heavy atom. The molecule has 3 aromatic rings. The topological polar surface area (TPSA) is 48.1 Å². The highest BCUT2D eigenvalue weighted by Gasteiger charge is 2.06. The van der Waals surface area contributed by atoms with Crippen LogP contribution in [0.4, 0.5) is 5.69 Å². The Morgan fingerprint density at radius 3 is 2.75 bits per heavy atom. The summed E-state index contributed by atoms with van der Waals surface area (Å²) in [6.07, 6.45) is 3.51. The molecule has 20 heavy (non-hydrogen) atoms. The van der Waals surface area contributed by atoms with E-state index in [1.165, 1.54) is 0 Å². The van der Waals surface area contributed by atoms with Crippen LogP contribution in [0.1, 0.15) is 5.56 Å². The summed E-state index contributed by atoms with van der Waals surface area (Å²) in [5.74, 6) is 0.790. The summed E-state index contributed by atoms with van der Waals surface area (Å²) < 4.78 is 6.96. The summed E-state index contributed by atoms with van der Waals surface area (Å²) in [5.41, 5.74) is 7.80. The van der Waals surface area contributed by atoms with E-state index in [4.69, 9.17) is 10.5 Å². The van der Waals surface area contributed by atoms with Crippen molar-refractivity contribution in [1.29, 1.82) is 0 Å². The maximum absolute atomic E-state index is 5.97. The van der Waals surface area contributed by atoms with Gasteiger partial charge in [0.1, 0.15) is 12.4 Å². The summed E-state index contributed by atoms with van der Waals surface area (Å²) in [6, 6.07) is 13.6. The molecule has 0 aliphatic carbocycles. The molecule has 2 N–H and O–H groups in total. The molecule has 0 amide bonds. The lowest BCUT2D eigenvalue weighted by molar-refractivity contribution is 0.309. The molecule has 0 fully saturated rings. The molecule has 0 saturated heterocycles. The van der Waals surface area contributed by atoms with Crippen molar-refractivity contribution >= 4 is 32.4 Å². The van der Waals surface area contributed by atoms with Gasteiger partial charge in [-0.05, 0) is 24.3 Å². The van der Waals surface area contributed by atoms with Crippen LogP contribution in [-0.2, 0) is 6.61 Å². The van der Waals surface area contributed by atoms with Crippen LogP contribution < -0.4 is 10.5 Å². The van der Waals surface area contributed by atoms with E-state index >= 15 is 0 Å². The number of ether oxygens (including phenoxy) is 1. The van der Waals surface area contributed by atoms with Gasteiger partial charge in [-0.25, -0.2) is 0 Å². The molecule has 1 heterocycles. The van der Waals surface area contributed by atoms with Crippen molar-refractivity contribution in [2.45, 2.75) is 6.61 Å². The van der Waals surface area contributed by atoms with E-state index < -0.39 is 0 Å². The van der Waals surface area contributed by atoms with E-state index in [1.807, 2.05) is 42.5 Å². The minimum Gasteiger partial charge on any atom is -0.488 e. The second-order valence-electron chi connectivity index (χ2n) is 4.45. The lowest BCUT2D eigenvalue weighted by Crippen LogP contribution is -1.98. The number of rotatable bonds is 3. The Kier molecular flexibility index (Phi) is 3.56. The third-order valence-corrected chi connectivity index (χ3v) is 3.93. The van der Waals surface area contributed by atoms with Gasteiger partial charge in [0.25, 0.3) is 0 Å². The molecule has 0 saturated carbocycles. The summed E-state index contributed by atoms with van der Waals surface area (Å²) in [6.45, 7) is 0.495. The highest BCUT2D eigenvalue weighted by atomic mass is 79.9. The van der Waals surface area contributed by atoms with Crippen molar-refractivity contribution in [1.82, 2.24) is 4.98 Å². The van der Waals surface area contributed by atoms with Crippen LogP contribution in [0.2, 0.25) is 0 Å². The third kappa shape index (κ3) is 2.47. The molecular formula is C16H13BrN2O. The van der Waals surface area contributed by atoms with Crippen molar-refractivity contribution in [3.05, 3.63) is 64.9 Å². The highest BCUT2D eigenvalue weighted by Crippen LogP contribution is 2.30. The number of nitrogen functional groups attached to an aromatic ring is 1. The van der Waals surface area contributed by atoms with Crippen molar-refractivity contribution in [2.75, 3.05) is 5.73 Å². The van der Waals surface area contributed by atoms with Gasteiger partial charge >= 0.3 is 0 Å². The summed E-state index contributed by atoms with van der Waals surface area (Å²) >= 11 is 3.52. The average Bonchev–Trinajstić information content (AvgIpc) is 2.48. The third-order valence-electron chi connectivity index (χ3n) is 3.15. The normalized spacial score (nSPS) is 10.7. The van der Waals surface area contributed by atoms with Gasteiger partial charge in [-0.1, -0.05) is 34.1 Å². The van der Waals surface area contributed by atoms with Gasteiger partial charge in [0, 0.05) is 38.9 Å². The minimum absolute atomic E-state index is 0.495. The fraction of sp³-hybridized carbons (Fsp3) is 0.0625. The van der Waals surface area contributed by atoms with Crippen molar-refractivity contribution in [3.63, 3.8) is 0 Å². The monoisotopic (exact) mass is 328 g/mol. The first-order chi connectivity index (χ1) is 9.75. The number of halogens is 1. The number of nitrogens with zero attached hydrogens (tertiary/aromatic N) is 1. The Hall–Kier alpha value is -2.07. The van der Waals surface area contributed by atoms with Gasteiger partial charge in [-0.3, -0.25) is 4.98 Å². The van der Waals surface area contributed by atoms with Crippen molar-refractivity contribution in [2.24, 2.45) is 0 Å². The maximum atomic E-state index is 5.97. The second-order valence-corrected chi connectivity index (χ2v) is 5.31. The van der Waals surface area contributed by atoms with Gasteiger partial charge in [-0.2, -0.15) is 0 Å². The number of pyridine rings is 1. The molecule has 1 aromatic heterocycles. The average molecular weight is 329 g/mol. The van der Waals surface area contributed by atoms with Crippen LogP contribution in [0.3, 0.4) is 0 Å². The van der Waals surface area contributed by atoms with Crippen molar-refractivity contribution < 1.29 is 4.74 Å². The number of nitrogens with two attached hydrogens (primary N) is 1. The molecule has 0 unspecified atom stereocenters. The van der Waals surface area contributed by atoms with Gasteiger partial charge in [0.05, 0.1) is 0 Å². The molecule has 0 aliphatic rings. The number of hydrogen-bond acceptors (Lipinski definition) is 3. The molecule has 2 aromatic carbocycles. The Balaban J connectivity index is 1.92. The highest BCUT2D eigenvalue weighted by molar-refractivity contribution is 9.10. The minimum atomic E-state index is 0.495. The second kappa shape index (κ2) is 5.51. The maximum Gasteiger partial charge on any atom is 0.129 e. The Labute approximate surface area is 125 Å². The predicted octanol–water partition coefficient (Wildman–Crippen LogP) is 4.16. The zero-order valence-corrected chi connectivity index (χ0v) is 12.3. The van der Waals surface area contributed by atoms with Crippen LogP contribution >= 0.6 is 15.9 Å². The van der Waals surface area contributed by atoms with Crippen molar-refractivity contribution in [3.8, 4) is 5.75 Å². The number of hydrogen-bond donors (Lipinski definition) is 1. The van der Waals surface area contributed by atoms with Gasteiger partial charge in [0.2, 0.25) is 0 Å². The molecule has 0 aliphatic heterocycles. The number of benzene rings is 2. The number of anilines is 1. The molecule has 3 rings (SSSR count). The van der Waals surface area contributed by atoms with E-state index in [9.17, 15) is 0 Å². The molecule has 0 spiro atoms. The molecule has 0 radical (unpaired) electrons. The summed E-state index contributed by atoms with van der Waals surface area (Å²) in [7, 11) is 0. The smallest absolute Gasteiger partial charge is 0.129 e. The first-order valence-electron chi connectivity index (χ1n) is 6.24. The van der Waals surface area contributed by atoms with Crippen LogP contribution in [0.25, 0.3) is 10.8 Å². The van der Waals surface area contributed by atoms with E-state index in [0.717, 1.165) is 32.2 Å². The first-order valence-corrected chi connectivity index (χ1v) is 7.03. The Bertz CT molecular complexity index is 758. The Morgan fingerprint density at radius 1 is 1.05 bits per heavy atom. The molecule has 4 heteroatoms. The number of fused-ring (bicyclic) bond motifs is 1. The van der Waals surface area contributed by atoms with E-state index in [2.05, 4.69) is 20.9 Å². The molecule has 0 bridgehead atoms.